The van der Waals surface area contributed by atoms with Crippen LogP contribution in [0.25, 0.3) is 5.69 Å². The first-order valence-electron chi connectivity index (χ1n) is 10.7. The maximum absolute atomic E-state index is 14.8. The number of benzene rings is 2. The van der Waals surface area contributed by atoms with Gasteiger partial charge in [0.1, 0.15) is 17.1 Å². The van der Waals surface area contributed by atoms with Crippen molar-refractivity contribution in [2.75, 3.05) is 6.61 Å². The van der Waals surface area contributed by atoms with Crippen LogP contribution in [0, 0.1) is 12.7 Å². The number of halogens is 1. The van der Waals surface area contributed by atoms with Gasteiger partial charge in [0.05, 0.1) is 25.0 Å². The molecular weight excluding hydrogens is 395 g/mol. The molecule has 162 valence electrons. The standard InChI is InChI=1S/C25H27FN2O3/c1-3-30-24(29)25(20-8-5-4-6-9-20)13-7-10-23(25)31-17-19-11-12-22(21(26)16-19)28-15-14-27-18(28)2/h4-6,8-9,11-12,14-16,23H,3,7,10,13,17H2,1-2H3. The summed E-state index contributed by atoms with van der Waals surface area (Å²) in [5.41, 5.74) is 1.25. The predicted octanol–water partition coefficient (Wildman–Crippen LogP) is 4.89. The van der Waals surface area contributed by atoms with Crippen molar-refractivity contribution in [1.29, 1.82) is 0 Å². The van der Waals surface area contributed by atoms with Crippen molar-refractivity contribution in [3.8, 4) is 5.69 Å². The highest BCUT2D eigenvalue weighted by Crippen LogP contribution is 2.44. The van der Waals surface area contributed by atoms with Crippen molar-refractivity contribution < 1.29 is 18.7 Å². The topological polar surface area (TPSA) is 53.4 Å². The van der Waals surface area contributed by atoms with Crippen LogP contribution in [0.3, 0.4) is 0 Å². The second-order valence-electron chi connectivity index (χ2n) is 7.88. The molecule has 2 atom stereocenters. The minimum atomic E-state index is -0.830. The molecule has 6 heteroatoms. The molecular formula is C25H27FN2O3. The van der Waals surface area contributed by atoms with E-state index in [-0.39, 0.29) is 24.5 Å². The number of carbonyl (C=O) groups is 1. The van der Waals surface area contributed by atoms with E-state index in [0.29, 0.717) is 18.7 Å². The van der Waals surface area contributed by atoms with E-state index < -0.39 is 5.41 Å². The number of imidazole rings is 1. The third kappa shape index (κ3) is 4.00. The van der Waals surface area contributed by atoms with Gasteiger partial charge >= 0.3 is 5.97 Å². The zero-order valence-electron chi connectivity index (χ0n) is 17.9. The fraction of sp³-hybridized carbons (Fsp3) is 0.360. The third-order valence-corrected chi connectivity index (χ3v) is 6.06. The number of esters is 1. The Kier molecular flexibility index (Phi) is 6.18. The van der Waals surface area contributed by atoms with E-state index in [1.165, 1.54) is 6.07 Å². The molecule has 3 aromatic rings. The van der Waals surface area contributed by atoms with Crippen LogP contribution in [0.15, 0.2) is 60.9 Å². The molecule has 1 aliphatic carbocycles. The van der Waals surface area contributed by atoms with Crippen molar-refractivity contribution in [2.24, 2.45) is 0 Å². The van der Waals surface area contributed by atoms with Crippen LogP contribution in [0.5, 0.6) is 0 Å². The van der Waals surface area contributed by atoms with Gasteiger partial charge in [-0.25, -0.2) is 9.37 Å². The van der Waals surface area contributed by atoms with E-state index in [4.69, 9.17) is 9.47 Å². The van der Waals surface area contributed by atoms with Gasteiger partial charge in [0, 0.05) is 12.4 Å². The SMILES string of the molecule is CCOC(=O)C1(c2ccccc2)CCCC1OCc1ccc(-n2ccnc2C)c(F)c1. The number of hydrogen-bond donors (Lipinski definition) is 0. The van der Waals surface area contributed by atoms with Gasteiger partial charge in [0.25, 0.3) is 0 Å². The lowest BCUT2D eigenvalue weighted by Crippen LogP contribution is -2.45. The summed E-state index contributed by atoms with van der Waals surface area (Å²) in [7, 11) is 0. The molecule has 0 N–H and O–H groups in total. The fourth-order valence-corrected chi connectivity index (χ4v) is 4.54. The summed E-state index contributed by atoms with van der Waals surface area (Å²) in [5, 5.41) is 0. The Hall–Kier alpha value is -2.99. The van der Waals surface area contributed by atoms with Crippen LogP contribution in [-0.2, 0) is 26.3 Å². The van der Waals surface area contributed by atoms with Gasteiger partial charge in [-0.15, -0.1) is 0 Å². The highest BCUT2D eigenvalue weighted by Gasteiger charge is 2.52. The van der Waals surface area contributed by atoms with Gasteiger partial charge in [-0.1, -0.05) is 36.4 Å². The molecule has 2 unspecified atom stereocenters. The number of ether oxygens (including phenoxy) is 2. The average Bonchev–Trinajstić information content (AvgIpc) is 3.40. The first kappa shape index (κ1) is 21.2. The molecule has 1 fully saturated rings. The number of aryl methyl sites for hydroxylation is 1. The zero-order chi connectivity index (χ0) is 21.8. The van der Waals surface area contributed by atoms with Gasteiger partial charge in [0.15, 0.2) is 0 Å². The summed E-state index contributed by atoms with van der Waals surface area (Å²) in [6.45, 7) is 4.18. The van der Waals surface area contributed by atoms with Crippen LogP contribution < -0.4 is 0 Å². The van der Waals surface area contributed by atoms with Crippen molar-refractivity contribution in [2.45, 2.75) is 51.2 Å². The zero-order valence-corrected chi connectivity index (χ0v) is 17.9. The normalized spacial score (nSPS) is 20.7. The van der Waals surface area contributed by atoms with E-state index >= 15 is 0 Å². The molecule has 1 aliphatic rings. The highest BCUT2D eigenvalue weighted by atomic mass is 19.1. The largest absolute Gasteiger partial charge is 0.465 e. The summed E-state index contributed by atoms with van der Waals surface area (Å²) < 4.78 is 28.2. The molecule has 0 aliphatic heterocycles. The Morgan fingerprint density at radius 1 is 1.26 bits per heavy atom. The van der Waals surface area contributed by atoms with Crippen LogP contribution in [-0.4, -0.2) is 28.2 Å². The fourth-order valence-electron chi connectivity index (χ4n) is 4.54. The molecule has 1 saturated carbocycles. The maximum Gasteiger partial charge on any atom is 0.319 e. The smallest absolute Gasteiger partial charge is 0.319 e. The van der Waals surface area contributed by atoms with Crippen LogP contribution >= 0.6 is 0 Å². The Morgan fingerprint density at radius 2 is 2.06 bits per heavy atom. The Balaban J connectivity index is 1.56. The quantitative estimate of drug-likeness (QED) is 0.509. The third-order valence-electron chi connectivity index (χ3n) is 6.06. The first-order chi connectivity index (χ1) is 15.1. The van der Waals surface area contributed by atoms with Crippen LogP contribution in [0.2, 0.25) is 0 Å². The molecule has 0 radical (unpaired) electrons. The Labute approximate surface area is 181 Å². The van der Waals surface area contributed by atoms with Crippen molar-refractivity contribution in [3.63, 3.8) is 0 Å². The van der Waals surface area contributed by atoms with Gasteiger partial charge in [-0.2, -0.15) is 0 Å². The van der Waals surface area contributed by atoms with E-state index in [1.807, 2.05) is 50.2 Å². The molecule has 31 heavy (non-hydrogen) atoms. The lowest BCUT2D eigenvalue weighted by molar-refractivity contribution is -0.156. The van der Waals surface area contributed by atoms with Crippen molar-refractivity contribution >= 4 is 5.97 Å². The van der Waals surface area contributed by atoms with E-state index in [9.17, 15) is 9.18 Å². The molecule has 4 rings (SSSR count). The number of aromatic nitrogens is 2. The van der Waals surface area contributed by atoms with Crippen LogP contribution in [0.4, 0.5) is 4.39 Å². The molecule has 5 nitrogen and oxygen atoms in total. The minimum absolute atomic E-state index is 0.221. The monoisotopic (exact) mass is 422 g/mol. The van der Waals surface area contributed by atoms with Gasteiger partial charge in [0.2, 0.25) is 0 Å². The van der Waals surface area contributed by atoms with Gasteiger partial charge in [-0.3, -0.25) is 4.79 Å². The summed E-state index contributed by atoms with van der Waals surface area (Å²) in [6.07, 6.45) is 5.34. The van der Waals surface area contributed by atoms with E-state index in [2.05, 4.69) is 4.98 Å². The molecule has 1 heterocycles. The molecule has 0 amide bonds. The number of carbonyl (C=O) groups excluding carboxylic acids is 1. The molecule has 0 spiro atoms. The van der Waals surface area contributed by atoms with E-state index in [1.54, 1.807) is 23.0 Å². The number of rotatable bonds is 7. The molecule has 0 bridgehead atoms. The van der Waals surface area contributed by atoms with Gasteiger partial charge < -0.3 is 14.0 Å². The number of hydrogen-bond acceptors (Lipinski definition) is 4. The Bertz CT molecular complexity index is 1050. The lowest BCUT2D eigenvalue weighted by atomic mass is 9.77. The summed E-state index contributed by atoms with van der Waals surface area (Å²) in [4.78, 5) is 17.2. The lowest BCUT2D eigenvalue weighted by Gasteiger charge is -2.33. The molecule has 2 aromatic carbocycles. The second kappa shape index (κ2) is 9.02. The van der Waals surface area contributed by atoms with Crippen LogP contribution in [0.1, 0.15) is 43.1 Å². The number of nitrogens with zero attached hydrogens (tertiary/aromatic N) is 2. The predicted molar refractivity (Wildman–Crippen MR) is 115 cm³/mol. The first-order valence-corrected chi connectivity index (χ1v) is 10.7. The Morgan fingerprint density at radius 3 is 2.74 bits per heavy atom. The van der Waals surface area contributed by atoms with Gasteiger partial charge in [-0.05, 0) is 56.4 Å². The van der Waals surface area contributed by atoms with Crippen molar-refractivity contribution in [1.82, 2.24) is 9.55 Å². The maximum atomic E-state index is 14.8. The minimum Gasteiger partial charge on any atom is -0.465 e. The highest BCUT2D eigenvalue weighted by molar-refractivity contribution is 5.84. The second-order valence-corrected chi connectivity index (χ2v) is 7.88. The molecule has 0 saturated heterocycles. The average molecular weight is 423 g/mol. The summed E-state index contributed by atoms with van der Waals surface area (Å²) >= 11 is 0. The summed E-state index contributed by atoms with van der Waals surface area (Å²) in [6, 6.07) is 14.8. The van der Waals surface area contributed by atoms with Crippen molar-refractivity contribution in [3.05, 3.63) is 83.7 Å². The molecule has 1 aromatic heterocycles. The van der Waals surface area contributed by atoms with E-state index in [0.717, 1.165) is 29.8 Å². The summed E-state index contributed by atoms with van der Waals surface area (Å²) in [5.74, 6) is 0.130.